The molecule has 1 aliphatic rings. The van der Waals surface area contributed by atoms with Crippen LogP contribution in [0.15, 0.2) is 63.8 Å². The van der Waals surface area contributed by atoms with E-state index in [-0.39, 0.29) is 17.4 Å². The third-order valence-electron chi connectivity index (χ3n) is 6.70. The number of rotatable bonds is 4. The monoisotopic (exact) mass is 484 g/mol. The molecule has 0 bridgehead atoms. The highest BCUT2D eigenvalue weighted by Crippen LogP contribution is 2.33. The summed E-state index contributed by atoms with van der Waals surface area (Å²) in [6, 6.07) is 17.7. The molecule has 176 valence electrons. The summed E-state index contributed by atoms with van der Waals surface area (Å²) in [6.07, 6.45) is 2.13. The number of hydrogen-bond donors (Lipinski definition) is 1. The van der Waals surface area contributed by atoms with E-state index in [0.29, 0.717) is 46.0 Å². The number of aromatic amines is 1. The highest BCUT2D eigenvalue weighted by Gasteiger charge is 2.30. The zero-order chi connectivity index (χ0) is 23.9. The summed E-state index contributed by atoms with van der Waals surface area (Å²) in [5.41, 5.74) is 3.25. The maximum Gasteiger partial charge on any atom is 0.264 e. The molecule has 2 aromatic carbocycles. The number of aryl methyl sites for hydroxylation is 1. The molecule has 1 saturated heterocycles. The number of H-pyrrole nitrogens is 1. The SMILES string of the molecule is Cc1c(C(=O)N2CCC(c3nc4ccccc4o3)CC2)sc2nc(Cc3ccccc3)[nH]c(=O)c12. The summed E-state index contributed by atoms with van der Waals surface area (Å²) < 4.78 is 5.95. The standard InChI is InChI=1S/C27H24N4O3S/c1-16-22-24(32)29-21(15-17-7-3-2-4-8-17)30-26(22)35-23(16)27(33)31-13-11-18(12-14-31)25-28-19-9-5-6-10-20(19)34-25/h2-10,18H,11-15H2,1H3,(H,29,30,32). The number of aromatic nitrogens is 3. The van der Waals surface area contributed by atoms with Gasteiger partial charge in [-0.3, -0.25) is 9.59 Å². The van der Waals surface area contributed by atoms with Crippen molar-refractivity contribution in [2.45, 2.75) is 32.1 Å². The summed E-state index contributed by atoms with van der Waals surface area (Å²) in [4.78, 5) is 41.6. The van der Waals surface area contributed by atoms with E-state index < -0.39 is 0 Å². The number of amides is 1. The lowest BCUT2D eigenvalue weighted by Crippen LogP contribution is -2.37. The summed E-state index contributed by atoms with van der Waals surface area (Å²) >= 11 is 1.31. The van der Waals surface area contributed by atoms with E-state index in [1.54, 1.807) is 0 Å². The molecule has 0 atom stereocenters. The predicted octanol–water partition coefficient (Wildman–Crippen LogP) is 5.04. The molecular formula is C27H24N4O3S. The van der Waals surface area contributed by atoms with Gasteiger partial charge in [-0.05, 0) is 43.0 Å². The van der Waals surface area contributed by atoms with Crippen LogP contribution in [-0.4, -0.2) is 38.8 Å². The van der Waals surface area contributed by atoms with Gasteiger partial charge in [-0.25, -0.2) is 9.97 Å². The van der Waals surface area contributed by atoms with E-state index in [0.717, 1.165) is 35.4 Å². The van der Waals surface area contributed by atoms with E-state index in [9.17, 15) is 9.59 Å². The number of fused-ring (bicyclic) bond motifs is 2. The molecule has 1 aliphatic heterocycles. The van der Waals surface area contributed by atoms with Crippen LogP contribution in [0.3, 0.4) is 0 Å². The quantitative estimate of drug-likeness (QED) is 0.386. The number of nitrogens with one attached hydrogen (secondary N) is 1. The van der Waals surface area contributed by atoms with Crippen molar-refractivity contribution >= 4 is 38.6 Å². The lowest BCUT2D eigenvalue weighted by molar-refractivity contribution is 0.0711. The van der Waals surface area contributed by atoms with Crippen molar-refractivity contribution < 1.29 is 9.21 Å². The Morgan fingerprint density at radius 1 is 1.09 bits per heavy atom. The molecule has 8 heteroatoms. The first-order valence-electron chi connectivity index (χ1n) is 11.8. The second kappa shape index (κ2) is 8.78. The number of carbonyl (C=O) groups excluding carboxylic acids is 1. The summed E-state index contributed by atoms with van der Waals surface area (Å²) in [5.74, 6) is 1.51. The van der Waals surface area contributed by atoms with Gasteiger partial charge in [0.05, 0.1) is 10.3 Å². The molecule has 0 radical (unpaired) electrons. The lowest BCUT2D eigenvalue weighted by atomic mass is 9.96. The molecule has 4 heterocycles. The highest BCUT2D eigenvalue weighted by molar-refractivity contribution is 7.20. The molecule has 3 aromatic heterocycles. The minimum absolute atomic E-state index is 0.0366. The maximum atomic E-state index is 13.4. The van der Waals surface area contributed by atoms with Crippen LogP contribution in [-0.2, 0) is 6.42 Å². The van der Waals surface area contributed by atoms with Gasteiger partial charge in [0, 0.05) is 25.4 Å². The van der Waals surface area contributed by atoms with Gasteiger partial charge in [0.1, 0.15) is 16.2 Å². The molecule has 1 fully saturated rings. The molecule has 0 aliphatic carbocycles. The number of oxazole rings is 1. The Bertz CT molecular complexity index is 1560. The molecule has 0 saturated carbocycles. The van der Waals surface area contributed by atoms with Crippen molar-refractivity contribution in [1.82, 2.24) is 19.9 Å². The Morgan fingerprint density at radius 3 is 2.60 bits per heavy atom. The third-order valence-corrected chi connectivity index (χ3v) is 7.87. The number of carbonyl (C=O) groups is 1. The van der Waals surface area contributed by atoms with E-state index >= 15 is 0 Å². The number of benzene rings is 2. The number of para-hydroxylation sites is 2. The van der Waals surface area contributed by atoms with Crippen molar-refractivity contribution in [2.75, 3.05) is 13.1 Å². The van der Waals surface area contributed by atoms with Crippen LogP contribution in [0.2, 0.25) is 0 Å². The van der Waals surface area contributed by atoms with Crippen molar-refractivity contribution in [3.63, 3.8) is 0 Å². The van der Waals surface area contributed by atoms with Crippen molar-refractivity contribution in [3.05, 3.63) is 92.7 Å². The lowest BCUT2D eigenvalue weighted by Gasteiger charge is -2.30. The molecule has 1 N–H and O–H groups in total. The third kappa shape index (κ3) is 4.04. The van der Waals surface area contributed by atoms with E-state index in [1.807, 2.05) is 66.4 Å². The molecule has 35 heavy (non-hydrogen) atoms. The fraction of sp³-hybridized carbons (Fsp3) is 0.259. The van der Waals surface area contributed by atoms with Gasteiger partial charge < -0.3 is 14.3 Å². The first-order chi connectivity index (χ1) is 17.1. The molecule has 6 rings (SSSR count). The topological polar surface area (TPSA) is 92.1 Å². The van der Waals surface area contributed by atoms with Gasteiger partial charge in [0.15, 0.2) is 11.5 Å². The van der Waals surface area contributed by atoms with Gasteiger partial charge in [-0.2, -0.15) is 0 Å². The van der Waals surface area contributed by atoms with Crippen LogP contribution in [0.25, 0.3) is 21.3 Å². The Balaban J connectivity index is 1.21. The second-order valence-corrected chi connectivity index (χ2v) is 10.00. The van der Waals surface area contributed by atoms with E-state index in [1.165, 1.54) is 11.3 Å². The van der Waals surface area contributed by atoms with Gasteiger partial charge in [0.25, 0.3) is 11.5 Å². The fourth-order valence-corrected chi connectivity index (χ4v) is 5.97. The van der Waals surface area contributed by atoms with Gasteiger partial charge >= 0.3 is 0 Å². The first kappa shape index (κ1) is 21.7. The van der Waals surface area contributed by atoms with Crippen LogP contribution in [0.1, 0.15) is 51.3 Å². The smallest absolute Gasteiger partial charge is 0.264 e. The Kier molecular flexibility index (Phi) is 5.45. The van der Waals surface area contributed by atoms with E-state index in [2.05, 4.69) is 15.0 Å². The number of nitrogens with zero attached hydrogens (tertiary/aromatic N) is 3. The van der Waals surface area contributed by atoms with E-state index in [4.69, 9.17) is 4.42 Å². The Morgan fingerprint density at radius 2 is 1.83 bits per heavy atom. The van der Waals surface area contributed by atoms with Crippen LogP contribution in [0.5, 0.6) is 0 Å². The van der Waals surface area contributed by atoms with Crippen LogP contribution >= 0.6 is 11.3 Å². The largest absolute Gasteiger partial charge is 0.440 e. The maximum absolute atomic E-state index is 13.4. The summed E-state index contributed by atoms with van der Waals surface area (Å²) in [7, 11) is 0. The number of hydrogen-bond acceptors (Lipinski definition) is 6. The molecular weight excluding hydrogens is 460 g/mol. The van der Waals surface area contributed by atoms with Crippen molar-refractivity contribution in [1.29, 1.82) is 0 Å². The number of thiophene rings is 1. The predicted molar refractivity (Wildman–Crippen MR) is 136 cm³/mol. The zero-order valence-corrected chi connectivity index (χ0v) is 20.1. The Hall–Kier alpha value is -3.78. The fourth-order valence-electron chi connectivity index (χ4n) is 4.80. The summed E-state index contributed by atoms with van der Waals surface area (Å²) in [5, 5.41) is 0.511. The minimum Gasteiger partial charge on any atom is -0.440 e. The molecule has 7 nitrogen and oxygen atoms in total. The number of likely N-dealkylation sites (tertiary alicyclic amines) is 1. The van der Waals surface area contributed by atoms with Gasteiger partial charge in [-0.15, -0.1) is 11.3 Å². The average molecular weight is 485 g/mol. The highest BCUT2D eigenvalue weighted by atomic mass is 32.1. The Labute approximate surface area is 205 Å². The average Bonchev–Trinajstić information content (AvgIpc) is 3.46. The van der Waals surface area contributed by atoms with Crippen molar-refractivity contribution in [2.24, 2.45) is 0 Å². The molecule has 0 unspecified atom stereocenters. The molecule has 5 aromatic rings. The zero-order valence-electron chi connectivity index (χ0n) is 19.3. The second-order valence-electron chi connectivity index (χ2n) is 9.00. The van der Waals surface area contributed by atoms with Crippen molar-refractivity contribution in [3.8, 4) is 0 Å². The van der Waals surface area contributed by atoms with Crippen LogP contribution in [0, 0.1) is 6.92 Å². The van der Waals surface area contributed by atoms with Gasteiger partial charge in [0.2, 0.25) is 0 Å². The van der Waals surface area contributed by atoms with Crippen LogP contribution < -0.4 is 5.56 Å². The first-order valence-corrected chi connectivity index (χ1v) is 12.6. The normalized spacial score (nSPS) is 14.7. The molecule has 1 amide bonds. The molecule has 0 spiro atoms. The number of piperidine rings is 1. The minimum atomic E-state index is -0.191. The van der Waals surface area contributed by atoms with Gasteiger partial charge in [-0.1, -0.05) is 42.5 Å². The van der Waals surface area contributed by atoms with Crippen LogP contribution in [0.4, 0.5) is 0 Å². The summed E-state index contributed by atoms with van der Waals surface area (Å²) in [6.45, 7) is 3.09.